The number of nitrogens with two attached hydrogens (primary N) is 2. The topological polar surface area (TPSA) is 251 Å². The predicted molar refractivity (Wildman–Crippen MR) is 263 cm³/mol. The summed E-state index contributed by atoms with van der Waals surface area (Å²) in [5.74, 6) is -1.33. The molecule has 20 heteroatoms. The van der Waals surface area contributed by atoms with E-state index < -0.39 is 48.7 Å². The molecule has 2 aromatic carbocycles. The molecule has 376 valence electrons. The third kappa shape index (κ3) is 18.2. The van der Waals surface area contributed by atoms with E-state index in [2.05, 4.69) is 27.8 Å². The number of primary amides is 1. The first kappa shape index (κ1) is 55.2. The lowest BCUT2D eigenvalue weighted by Crippen LogP contribution is -2.53. The van der Waals surface area contributed by atoms with Crippen LogP contribution in [0.2, 0.25) is 0 Å². The molecule has 2 fully saturated rings. The average Bonchev–Trinajstić information content (AvgIpc) is 3.87. The Morgan fingerprint density at radius 2 is 1.43 bits per heavy atom. The fraction of sp³-hybridized carbons (Fsp3) is 0.604. The fourth-order valence-electron chi connectivity index (χ4n) is 8.30. The van der Waals surface area contributed by atoms with E-state index in [1.54, 1.807) is 0 Å². The van der Waals surface area contributed by atoms with E-state index in [0.29, 0.717) is 62.5 Å². The van der Waals surface area contributed by atoms with Gasteiger partial charge < -0.3 is 61.8 Å². The molecule has 0 spiro atoms. The SMILES string of the molecule is C=C1N[C@H]2CSC(CCCCC(=O)NCCCC[C@H](NC(=O)CN(CCOC)C(=O)CN(CCOC)C(=O)CN(CCCCN)C(=O)CN(Cc3cccc4ccccc34)C(C)=O)C(N)=O)[C@H]2N1. The number of hydrogen-bond donors (Lipinski definition) is 6. The number of benzene rings is 2. The lowest BCUT2D eigenvalue weighted by atomic mass is 10.0. The summed E-state index contributed by atoms with van der Waals surface area (Å²) in [5, 5.41) is 14.8. The fourth-order valence-corrected chi connectivity index (χ4v) is 9.84. The maximum Gasteiger partial charge on any atom is 0.242 e. The Morgan fingerprint density at radius 3 is 2.09 bits per heavy atom. The van der Waals surface area contributed by atoms with Crippen LogP contribution in [0.5, 0.6) is 0 Å². The highest BCUT2D eigenvalue weighted by Crippen LogP contribution is 2.34. The Balaban J connectivity index is 1.28. The highest BCUT2D eigenvalue weighted by molar-refractivity contribution is 8.00. The van der Waals surface area contributed by atoms with Crippen LogP contribution in [0.4, 0.5) is 0 Å². The van der Waals surface area contributed by atoms with Crippen molar-refractivity contribution in [2.45, 2.75) is 94.6 Å². The summed E-state index contributed by atoms with van der Waals surface area (Å²) in [7, 11) is 2.90. The Bertz CT molecular complexity index is 2000. The Morgan fingerprint density at radius 1 is 0.779 bits per heavy atom. The van der Waals surface area contributed by atoms with E-state index in [0.717, 1.165) is 47.2 Å². The number of ether oxygens (including phenoxy) is 2. The Kier molecular flexibility index (Phi) is 23.9. The van der Waals surface area contributed by atoms with Crippen LogP contribution in [0, 0.1) is 0 Å². The highest BCUT2D eigenvalue weighted by Gasteiger charge is 2.40. The standard InChI is InChI=1S/C48H74N10O9S/c1-34-52-40-33-68-41(47(40)53-34)19-7-8-20-42(60)51-22-11-9-18-39(48(50)65)54-43(61)29-56(24-26-66-3)44(62)31-57(25-27-67-4)45(63)30-55(23-12-10-21-49)46(64)32-58(35(2)59)28-37-16-13-15-36-14-5-6-17-38(36)37/h5-6,13-17,39-41,47,52-53H,1,7-12,18-33,49H2,2-4H3,(H2,50,65)(H,51,60)(H,54,61)/t39-,40-,41?,47-/m0/s1. The number of fused-ring (bicyclic) bond motifs is 2. The number of thioether (sulfide) groups is 1. The number of nitrogens with zero attached hydrogens (tertiary/aromatic N) is 4. The highest BCUT2D eigenvalue weighted by atomic mass is 32.2. The zero-order valence-electron chi connectivity index (χ0n) is 40.1. The van der Waals surface area contributed by atoms with E-state index in [1.165, 1.54) is 40.7 Å². The second kappa shape index (κ2) is 29.4. The zero-order valence-corrected chi connectivity index (χ0v) is 41.0. The van der Waals surface area contributed by atoms with E-state index in [1.807, 2.05) is 54.2 Å². The van der Waals surface area contributed by atoms with Crippen LogP contribution in [0.1, 0.15) is 70.3 Å². The molecular weight excluding hydrogens is 893 g/mol. The third-order valence-corrected chi connectivity index (χ3v) is 13.7. The van der Waals surface area contributed by atoms with Crippen LogP contribution >= 0.6 is 11.8 Å². The molecule has 7 amide bonds. The summed E-state index contributed by atoms with van der Waals surface area (Å²) in [6.07, 6.45) is 5.60. The third-order valence-electron chi connectivity index (χ3n) is 12.2. The summed E-state index contributed by atoms with van der Waals surface area (Å²) in [6.45, 7) is 5.17. The molecule has 68 heavy (non-hydrogen) atoms. The molecule has 1 unspecified atom stereocenters. The van der Waals surface area contributed by atoms with Crippen molar-refractivity contribution in [3.8, 4) is 0 Å². The van der Waals surface area contributed by atoms with Crippen LogP contribution in [0.15, 0.2) is 54.9 Å². The van der Waals surface area contributed by atoms with Crippen molar-refractivity contribution in [3.63, 3.8) is 0 Å². The van der Waals surface area contributed by atoms with E-state index in [9.17, 15) is 33.6 Å². The molecular formula is C48H74N10O9S. The molecule has 2 heterocycles. The van der Waals surface area contributed by atoms with Crippen LogP contribution in [0.25, 0.3) is 10.8 Å². The average molecular weight is 967 g/mol. The normalized spacial score (nSPS) is 16.5. The van der Waals surface area contributed by atoms with Crippen molar-refractivity contribution in [3.05, 3.63) is 60.4 Å². The van der Waals surface area contributed by atoms with Gasteiger partial charge in [-0.1, -0.05) is 55.5 Å². The molecule has 19 nitrogen and oxygen atoms in total. The quantitative estimate of drug-likeness (QED) is 0.0562. The number of methoxy groups -OCH3 is 2. The van der Waals surface area contributed by atoms with Gasteiger partial charge in [-0.05, 0) is 67.8 Å². The molecule has 0 bridgehead atoms. The van der Waals surface area contributed by atoms with E-state index in [4.69, 9.17) is 20.9 Å². The molecule has 2 aliphatic rings. The first-order valence-corrected chi connectivity index (χ1v) is 24.7. The molecule has 0 aliphatic carbocycles. The number of amides is 7. The van der Waals surface area contributed by atoms with Crippen molar-refractivity contribution in [1.29, 1.82) is 0 Å². The number of rotatable bonds is 32. The van der Waals surface area contributed by atoms with E-state index in [-0.39, 0.29) is 70.7 Å². The number of carbonyl (C=O) groups excluding carboxylic acids is 7. The first-order chi connectivity index (χ1) is 32.7. The van der Waals surface area contributed by atoms with Gasteiger partial charge in [0.1, 0.15) is 12.6 Å². The molecule has 4 atom stereocenters. The van der Waals surface area contributed by atoms with Crippen LogP contribution in [-0.4, -0.2) is 176 Å². The maximum atomic E-state index is 14.0. The maximum absolute atomic E-state index is 14.0. The van der Waals surface area contributed by atoms with Gasteiger partial charge in [-0.3, -0.25) is 33.6 Å². The van der Waals surface area contributed by atoms with Crippen LogP contribution in [-0.2, 0) is 49.6 Å². The second-order valence-corrected chi connectivity index (χ2v) is 18.6. The van der Waals surface area contributed by atoms with Crippen LogP contribution < -0.4 is 32.7 Å². The minimum Gasteiger partial charge on any atom is -0.383 e. The first-order valence-electron chi connectivity index (χ1n) is 23.7. The van der Waals surface area contributed by atoms with Crippen molar-refractivity contribution < 1.29 is 43.0 Å². The van der Waals surface area contributed by atoms with E-state index >= 15 is 0 Å². The zero-order chi connectivity index (χ0) is 49.4. The molecule has 0 radical (unpaired) electrons. The molecule has 0 aromatic heterocycles. The summed E-state index contributed by atoms with van der Waals surface area (Å²) < 4.78 is 10.5. The number of hydrogen-bond acceptors (Lipinski definition) is 13. The van der Waals surface area contributed by atoms with Crippen molar-refractivity contribution in [1.82, 2.24) is 40.9 Å². The molecule has 2 aromatic rings. The second-order valence-electron chi connectivity index (χ2n) is 17.3. The smallest absolute Gasteiger partial charge is 0.242 e. The van der Waals surface area contributed by atoms with Crippen LogP contribution in [0.3, 0.4) is 0 Å². The lowest BCUT2D eigenvalue weighted by Gasteiger charge is -2.31. The van der Waals surface area contributed by atoms with Gasteiger partial charge in [-0.25, -0.2) is 0 Å². The van der Waals surface area contributed by atoms with Gasteiger partial charge in [-0.15, -0.1) is 0 Å². The molecule has 8 N–H and O–H groups in total. The van der Waals surface area contributed by atoms with Gasteiger partial charge in [0, 0.05) is 71.3 Å². The number of carbonyl (C=O) groups is 7. The number of unbranched alkanes of at least 4 members (excludes halogenated alkanes) is 3. The predicted octanol–water partition coefficient (Wildman–Crippen LogP) is 1.04. The summed E-state index contributed by atoms with van der Waals surface area (Å²) in [4.78, 5) is 98.2. The summed E-state index contributed by atoms with van der Waals surface area (Å²) >= 11 is 1.96. The minimum absolute atomic E-state index is 0.00263. The number of nitrogens with one attached hydrogen (secondary N) is 4. The Hall–Kier alpha value is -5.44. The molecule has 4 rings (SSSR count). The van der Waals surface area contributed by atoms with Gasteiger partial charge >= 0.3 is 0 Å². The van der Waals surface area contributed by atoms with Gasteiger partial charge in [0.2, 0.25) is 41.4 Å². The molecule has 2 saturated heterocycles. The lowest BCUT2D eigenvalue weighted by molar-refractivity contribution is -0.147. The monoisotopic (exact) mass is 967 g/mol. The summed E-state index contributed by atoms with van der Waals surface area (Å²) in [6, 6.07) is 13.4. The van der Waals surface area contributed by atoms with Crippen molar-refractivity contribution >= 4 is 63.9 Å². The molecule has 2 aliphatic heterocycles. The molecule has 0 saturated carbocycles. The van der Waals surface area contributed by atoms with Crippen molar-refractivity contribution in [2.75, 3.05) is 92.1 Å². The van der Waals surface area contributed by atoms with Gasteiger partial charge in [0.25, 0.3) is 0 Å². The minimum atomic E-state index is -1.01. The van der Waals surface area contributed by atoms with Gasteiger partial charge in [0.05, 0.1) is 50.8 Å². The Labute approximate surface area is 405 Å². The summed E-state index contributed by atoms with van der Waals surface area (Å²) in [5.41, 5.74) is 12.3. The van der Waals surface area contributed by atoms with Gasteiger partial charge in [-0.2, -0.15) is 11.8 Å². The van der Waals surface area contributed by atoms with Crippen molar-refractivity contribution in [2.24, 2.45) is 11.5 Å². The largest absolute Gasteiger partial charge is 0.383 e. The van der Waals surface area contributed by atoms with Gasteiger partial charge in [0.15, 0.2) is 0 Å².